The molecule has 1 aromatic heterocycles. The van der Waals surface area contributed by atoms with Crippen molar-refractivity contribution in [1.82, 2.24) is 19.5 Å². The summed E-state index contributed by atoms with van der Waals surface area (Å²) >= 11 is 6.06. The number of nitrogens with two attached hydrogens (primary N) is 1. The Morgan fingerprint density at radius 1 is 0.962 bits per heavy atom. The first-order valence-electron chi connectivity index (χ1n) is 17.3. The fourth-order valence-corrected chi connectivity index (χ4v) is 7.88. The maximum absolute atomic E-state index is 14.0. The van der Waals surface area contributed by atoms with Crippen LogP contribution in [0, 0.1) is 5.92 Å². The highest BCUT2D eigenvalue weighted by atomic mass is 35.5. The van der Waals surface area contributed by atoms with Crippen LogP contribution >= 0.6 is 11.6 Å². The zero-order valence-electron chi connectivity index (χ0n) is 28.6. The number of aromatic nitrogens is 1. The highest BCUT2D eigenvalue weighted by Crippen LogP contribution is 2.25. The minimum Gasteiger partial charge on any atom is -0.434 e. The van der Waals surface area contributed by atoms with Crippen molar-refractivity contribution in [2.75, 3.05) is 45.9 Å². The van der Waals surface area contributed by atoms with Crippen molar-refractivity contribution in [2.24, 2.45) is 11.7 Å². The van der Waals surface area contributed by atoms with Gasteiger partial charge in [0, 0.05) is 31.2 Å². The maximum atomic E-state index is 14.0. The fraction of sp³-hybridized carbons (Fsp3) is 0.405. The molecule has 0 saturated carbocycles. The number of unbranched alkanes of at least 4 members (excludes halogenated alkanes) is 1. The Morgan fingerprint density at radius 2 is 1.67 bits per heavy atom. The topological polar surface area (TPSA) is 174 Å². The molecule has 3 N–H and O–H groups in total. The van der Waals surface area contributed by atoms with E-state index in [-0.39, 0.29) is 55.9 Å². The van der Waals surface area contributed by atoms with Crippen LogP contribution in [-0.4, -0.2) is 98.3 Å². The van der Waals surface area contributed by atoms with E-state index in [0.29, 0.717) is 60.7 Å². The Morgan fingerprint density at radius 3 is 2.38 bits per heavy atom. The summed E-state index contributed by atoms with van der Waals surface area (Å²) in [4.78, 5) is 47.4. The Balaban J connectivity index is 1.16. The van der Waals surface area contributed by atoms with Crippen LogP contribution in [-0.2, 0) is 42.1 Å². The van der Waals surface area contributed by atoms with Gasteiger partial charge in [-0.2, -0.15) is 4.31 Å². The third kappa shape index (κ3) is 9.06. The normalized spacial score (nSPS) is 18.8. The summed E-state index contributed by atoms with van der Waals surface area (Å²) in [5, 5.41) is 3.50. The second-order valence-electron chi connectivity index (χ2n) is 12.9. The molecule has 3 aromatic carbocycles. The second kappa shape index (κ2) is 17.1. The number of nitrogens with zero attached hydrogens (tertiary/aromatic N) is 3. The molecular weight excluding hydrogens is 710 g/mol. The summed E-state index contributed by atoms with van der Waals surface area (Å²) in [6.07, 6.45) is 0.888. The molecule has 6 rings (SSSR count). The molecular formula is C37H42ClN5O8S. The van der Waals surface area contributed by atoms with E-state index in [1.807, 2.05) is 12.1 Å². The molecule has 3 heterocycles. The Hall–Kier alpha value is -4.18. The molecule has 0 radical (unpaired) electrons. The molecule has 276 valence electrons. The number of carbonyl (C=O) groups is 3. The second-order valence-corrected chi connectivity index (χ2v) is 15.3. The molecule has 2 saturated heterocycles. The number of amides is 2. The molecule has 0 spiro atoms. The molecule has 0 bridgehead atoms. The lowest BCUT2D eigenvalue weighted by atomic mass is 10.0. The molecule has 15 heteroatoms. The summed E-state index contributed by atoms with van der Waals surface area (Å²) in [6, 6.07) is 19.5. The molecule has 52 heavy (non-hydrogen) atoms. The van der Waals surface area contributed by atoms with Gasteiger partial charge < -0.3 is 29.8 Å². The quantitative estimate of drug-likeness (QED) is 0.135. The van der Waals surface area contributed by atoms with Gasteiger partial charge >= 0.3 is 0 Å². The van der Waals surface area contributed by atoms with Crippen LogP contribution in [0.1, 0.15) is 41.1 Å². The van der Waals surface area contributed by atoms with E-state index in [1.54, 1.807) is 53.4 Å². The zero-order valence-corrected chi connectivity index (χ0v) is 30.2. The average Bonchev–Trinajstić information content (AvgIpc) is 3.80. The predicted molar refractivity (Wildman–Crippen MR) is 193 cm³/mol. The molecule has 2 aliphatic rings. The number of sulfonamides is 1. The predicted octanol–water partition coefficient (Wildman–Crippen LogP) is 3.59. The zero-order chi connectivity index (χ0) is 36.7. The molecule has 3 atom stereocenters. The van der Waals surface area contributed by atoms with Crippen molar-refractivity contribution in [1.29, 1.82) is 0 Å². The number of hydrogen-bond acceptors (Lipinski definition) is 10. The molecule has 13 nitrogen and oxygen atoms in total. The number of nitrogens with one attached hydrogen (secondary N) is 1. The summed E-state index contributed by atoms with van der Waals surface area (Å²) in [5.74, 6) is -2.02. The lowest BCUT2D eigenvalue weighted by molar-refractivity contribution is -0.130. The first-order valence-corrected chi connectivity index (χ1v) is 19.1. The Bertz CT molecular complexity index is 1930. The van der Waals surface area contributed by atoms with Crippen LogP contribution in [0.3, 0.4) is 0 Å². The van der Waals surface area contributed by atoms with Crippen LogP contribution in [0.2, 0.25) is 5.02 Å². The van der Waals surface area contributed by atoms with Crippen molar-refractivity contribution in [2.45, 2.75) is 49.3 Å². The number of fused-ring (bicyclic) bond motifs is 1. The van der Waals surface area contributed by atoms with Gasteiger partial charge in [0.15, 0.2) is 5.58 Å². The Kier molecular flexibility index (Phi) is 12.4. The van der Waals surface area contributed by atoms with E-state index in [1.165, 1.54) is 16.4 Å². The van der Waals surface area contributed by atoms with Gasteiger partial charge in [-0.15, -0.1) is 0 Å². The van der Waals surface area contributed by atoms with Crippen LogP contribution in [0.4, 0.5) is 0 Å². The molecule has 2 fully saturated rings. The van der Waals surface area contributed by atoms with Crippen molar-refractivity contribution in [3.63, 3.8) is 0 Å². The minimum absolute atomic E-state index is 0.00591. The third-order valence-corrected chi connectivity index (χ3v) is 11.5. The highest BCUT2D eigenvalue weighted by Gasteiger charge is 2.42. The van der Waals surface area contributed by atoms with Crippen molar-refractivity contribution < 1.29 is 36.7 Å². The number of ketones is 1. The highest BCUT2D eigenvalue weighted by molar-refractivity contribution is 7.89. The van der Waals surface area contributed by atoms with Crippen LogP contribution in [0.25, 0.3) is 11.1 Å². The first-order chi connectivity index (χ1) is 25.1. The van der Waals surface area contributed by atoms with Gasteiger partial charge in [0.05, 0.1) is 49.2 Å². The summed E-state index contributed by atoms with van der Waals surface area (Å²) in [5.41, 5.74) is 8.18. The van der Waals surface area contributed by atoms with Crippen LogP contribution in [0.5, 0.6) is 0 Å². The average molecular weight is 752 g/mol. The maximum Gasteiger partial charge on any atom is 0.266 e. The number of hydrogen-bond donors (Lipinski definition) is 2. The smallest absolute Gasteiger partial charge is 0.266 e. The number of benzene rings is 3. The molecule has 2 aliphatic heterocycles. The van der Waals surface area contributed by atoms with Gasteiger partial charge in [-0.25, -0.2) is 13.4 Å². The number of carbonyl (C=O) groups excluding carboxylic acids is 3. The number of oxazole rings is 1. The van der Waals surface area contributed by atoms with Gasteiger partial charge in [-0.3, -0.25) is 14.4 Å². The third-order valence-electron chi connectivity index (χ3n) is 9.30. The summed E-state index contributed by atoms with van der Waals surface area (Å²) in [7, 11) is -3.68. The summed E-state index contributed by atoms with van der Waals surface area (Å²) < 4.78 is 44.8. The molecule has 0 aliphatic carbocycles. The SMILES string of the molecule is NCCCC[C@H](NC(=O)[C@H]1CN(C(=O)Cc2ccc(S(=O)(=O)N3CCOCC3)cc2)C[C@@H]1OCc1ccc(Cl)cc1)C(=O)c1nc2ccccc2o1. The largest absolute Gasteiger partial charge is 0.434 e. The van der Waals surface area contributed by atoms with Crippen LogP contribution < -0.4 is 11.1 Å². The lowest BCUT2D eigenvalue weighted by Gasteiger charge is -2.26. The summed E-state index contributed by atoms with van der Waals surface area (Å²) in [6.45, 7) is 2.07. The number of morpholine rings is 1. The van der Waals surface area contributed by atoms with Gasteiger partial charge in [0.25, 0.3) is 5.89 Å². The van der Waals surface area contributed by atoms with E-state index in [2.05, 4.69) is 10.3 Å². The van der Waals surface area contributed by atoms with Crippen molar-refractivity contribution in [3.05, 3.63) is 94.8 Å². The van der Waals surface area contributed by atoms with Gasteiger partial charge in [-0.1, -0.05) is 48.0 Å². The molecule has 4 aromatic rings. The monoisotopic (exact) mass is 751 g/mol. The number of halogens is 1. The number of para-hydroxylation sites is 2. The van der Waals surface area contributed by atoms with E-state index in [4.69, 9.17) is 31.2 Å². The van der Waals surface area contributed by atoms with Crippen LogP contribution in [0.15, 0.2) is 82.1 Å². The van der Waals surface area contributed by atoms with Crippen molar-refractivity contribution >= 4 is 50.3 Å². The van der Waals surface area contributed by atoms with E-state index in [9.17, 15) is 22.8 Å². The van der Waals surface area contributed by atoms with E-state index in [0.717, 1.165) is 5.56 Å². The minimum atomic E-state index is -3.68. The number of Topliss-reactive ketones (excluding diaryl/α,β-unsaturated/α-hetero) is 1. The van der Waals surface area contributed by atoms with E-state index < -0.39 is 39.8 Å². The number of ether oxygens (including phenoxy) is 2. The molecule has 2 amide bonds. The standard InChI is InChI=1S/C37H42ClN5O8S/c38-27-12-8-26(9-13-27)24-50-33-23-42(34(44)21-25-10-14-28(15-11-25)52(47,48)43-17-19-49-20-18-43)22-29(33)36(46)40-31(6-3-4-16-39)35(45)37-41-30-5-1-2-7-32(30)51-37/h1-2,5,7-15,29,31,33H,3-4,6,16-24,39H2,(H,40,46)/t29-,31-,33-/m0/s1. The van der Waals surface area contributed by atoms with Gasteiger partial charge in [0.2, 0.25) is 27.6 Å². The number of rotatable bonds is 15. The first kappa shape index (κ1) is 37.6. The van der Waals surface area contributed by atoms with E-state index >= 15 is 0 Å². The Labute approximate surface area is 307 Å². The number of likely N-dealkylation sites (tertiary alicyclic amines) is 1. The van der Waals surface area contributed by atoms with Gasteiger partial charge in [-0.05, 0) is 73.3 Å². The molecule has 0 unspecified atom stereocenters. The van der Waals surface area contributed by atoms with Crippen molar-refractivity contribution in [3.8, 4) is 0 Å². The van der Waals surface area contributed by atoms with Gasteiger partial charge in [0.1, 0.15) is 5.52 Å². The fourth-order valence-electron chi connectivity index (χ4n) is 6.35. The lowest BCUT2D eigenvalue weighted by Crippen LogP contribution is -2.47.